The van der Waals surface area contributed by atoms with Gasteiger partial charge in [0.2, 0.25) is 0 Å². The number of hydrogen-bond acceptors (Lipinski definition) is 3. The zero-order chi connectivity index (χ0) is 31.8. The Morgan fingerprint density at radius 2 is 1.27 bits per heavy atom. The molecule has 0 heterocycles. The molecule has 0 unspecified atom stereocenters. The molecule has 0 saturated carbocycles. The Bertz CT molecular complexity index is 1420. The first-order valence-corrected chi connectivity index (χ1v) is 15.3. The van der Waals surface area contributed by atoms with Gasteiger partial charge in [0.05, 0.1) is 0 Å². The van der Waals surface area contributed by atoms with E-state index in [2.05, 4.69) is 98.8 Å². The predicted octanol–water partition coefficient (Wildman–Crippen LogP) is 9.75. The zero-order valence-corrected chi connectivity index (χ0v) is 26.1. The van der Waals surface area contributed by atoms with Crippen molar-refractivity contribution >= 4 is 12.8 Å². The maximum atomic E-state index is 10.8. The second kappa shape index (κ2) is 17.5. The largest absolute Gasteiger partial charge is 0.481 e. The van der Waals surface area contributed by atoms with Gasteiger partial charge in [-0.25, -0.2) is 0 Å². The normalized spacial score (nSPS) is 12.4. The van der Waals surface area contributed by atoms with Crippen LogP contribution in [0, 0.1) is 0 Å². The number of allylic oxidation sites excluding steroid dienone is 2. The van der Waals surface area contributed by atoms with Crippen molar-refractivity contribution in [1.29, 1.82) is 0 Å². The molecule has 4 aromatic carbocycles. The number of ether oxygens (including phenoxy) is 1. The van der Waals surface area contributed by atoms with Crippen LogP contribution >= 0.6 is 0 Å². The van der Waals surface area contributed by atoms with E-state index in [1.54, 1.807) is 0 Å². The van der Waals surface area contributed by atoms with Crippen molar-refractivity contribution < 1.29 is 19.4 Å². The van der Waals surface area contributed by atoms with Crippen LogP contribution in [0.3, 0.4) is 0 Å². The molecule has 228 valence electrons. The molecular formula is C40H44O4. The van der Waals surface area contributed by atoms with Crippen molar-refractivity contribution in [2.75, 3.05) is 6.61 Å². The number of rotatable bonds is 11. The lowest BCUT2D eigenvalue weighted by atomic mass is 9.79. The van der Waals surface area contributed by atoms with E-state index in [4.69, 9.17) is 14.6 Å². The maximum Gasteiger partial charge on any atom is 0.303 e. The summed E-state index contributed by atoms with van der Waals surface area (Å²) in [7, 11) is 0. The molecule has 4 heteroatoms. The van der Waals surface area contributed by atoms with Gasteiger partial charge in [-0.2, -0.15) is 0 Å². The average Bonchev–Trinajstić information content (AvgIpc) is 3.36. The van der Waals surface area contributed by atoms with Gasteiger partial charge in [0.1, 0.15) is 12.4 Å². The number of carbonyl (C=O) groups excluding carboxylic acids is 1. The number of benzene rings is 4. The lowest BCUT2D eigenvalue weighted by Gasteiger charge is -2.37. The van der Waals surface area contributed by atoms with Crippen molar-refractivity contribution in [3.63, 3.8) is 0 Å². The minimum atomic E-state index is -0.766. The SMILES string of the molecule is C/C=C\C(=C/CC)C(OCCCCC(=O)O)(c1ccccc1)c1ccccc1.C=O.CC1c2ccccc2-c2ccccc21. The molecule has 0 aromatic heterocycles. The van der Waals surface area contributed by atoms with E-state index in [9.17, 15) is 4.79 Å². The van der Waals surface area contributed by atoms with Crippen LogP contribution in [-0.2, 0) is 19.9 Å². The van der Waals surface area contributed by atoms with Gasteiger partial charge >= 0.3 is 5.97 Å². The molecule has 44 heavy (non-hydrogen) atoms. The number of hydrogen-bond donors (Lipinski definition) is 1. The van der Waals surface area contributed by atoms with Gasteiger partial charge in [-0.15, -0.1) is 0 Å². The molecule has 0 saturated heterocycles. The third-order valence-corrected chi connectivity index (χ3v) is 7.79. The quantitative estimate of drug-likeness (QED) is 0.140. The molecule has 0 spiro atoms. The first-order valence-electron chi connectivity index (χ1n) is 15.3. The van der Waals surface area contributed by atoms with Gasteiger partial charge in [-0.05, 0) is 65.1 Å². The number of fused-ring (bicyclic) bond motifs is 3. The molecule has 0 radical (unpaired) electrons. The van der Waals surface area contributed by atoms with E-state index in [0.29, 0.717) is 25.4 Å². The number of unbranched alkanes of at least 4 members (excludes halogenated alkanes) is 1. The maximum absolute atomic E-state index is 10.8. The van der Waals surface area contributed by atoms with E-state index >= 15 is 0 Å². The molecule has 0 atom stereocenters. The van der Waals surface area contributed by atoms with Crippen molar-refractivity contribution in [3.05, 3.63) is 155 Å². The van der Waals surface area contributed by atoms with Gasteiger partial charge in [0.25, 0.3) is 0 Å². The van der Waals surface area contributed by atoms with Gasteiger partial charge in [0, 0.05) is 18.9 Å². The standard InChI is InChI=1S/C25H30O3.C14H12.CH2O/c1-3-13-21(14-4-2)25(22-15-7-5-8-16-22,23-17-9-6-10-18-23)28-20-12-11-19-24(26)27;1-10-11-6-2-4-8-13(11)14-9-5-3-7-12(10)14;1-2/h3,5-10,13-18H,4,11-12,19-20H2,1-2H3,(H,26,27);2-10H,1H3;1H2/b13-3-,21-14+;;. The van der Waals surface area contributed by atoms with Crippen molar-refractivity contribution in [3.8, 4) is 11.1 Å². The lowest BCUT2D eigenvalue weighted by Crippen LogP contribution is -2.34. The Morgan fingerprint density at radius 3 is 1.73 bits per heavy atom. The summed E-state index contributed by atoms with van der Waals surface area (Å²) in [5.74, 6) is -0.208. The molecule has 4 nitrogen and oxygen atoms in total. The number of carboxylic acids is 1. The lowest BCUT2D eigenvalue weighted by molar-refractivity contribution is -0.137. The summed E-state index contributed by atoms with van der Waals surface area (Å²) in [6.45, 7) is 8.90. The highest BCUT2D eigenvalue weighted by atomic mass is 16.5. The van der Waals surface area contributed by atoms with Crippen LogP contribution < -0.4 is 0 Å². The minimum absolute atomic E-state index is 0.166. The smallest absolute Gasteiger partial charge is 0.303 e. The van der Waals surface area contributed by atoms with Crippen LogP contribution in [0.25, 0.3) is 11.1 Å². The minimum Gasteiger partial charge on any atom is -0.481 e. The van der Waals surface area contributed by atoms with Gasteiger partial charge in [-0.1, -0.05) is 141 Å². The molecule has 0 aliphatic heterocycles. The number of carbonyl (C=O) groups is 2. The van der Waals surface area contributed by atoms with E-state index in [0.717, 1.165) is 23.1 Å². The van der Waals surface area contributed by atoms with Crippen molar-refractivity contribution in [2.45, 2.75) is 58.0 Å². The molecule has 1 N–H and O–H groups in total. The van der Waals surface area contributed by atoms with Crippen LogP contribution in [0.15, 0.2) is 133 Å². The molecule has 1 aliphatic carbocycles. The van der Waals surface area contributed by atoms with Gasteiger partial charge in [-0.3, -0.25) is 4.79 Å². The van der Waals surface area contributed by atoms with Crippen LogP contribution in [0.5, 0.6) is 0 Å². The summed E-state index contributed by atoms with van der Waals surface area (Å²) >= 11 is 0. The van der Waals surface area contributed by atoms with Crippen LogP contribution in [0.2, 0.25) is 0 Å². The molecule has 0 amide bonds. The first kappa shape index (κ1) is 34.0. The first-order chi connectivity index (χ1) is 21.5. The number of carboxylic acid groups (broad SMARTS) is 1. The summed E-state index contributed by atoms with van der Waals surface area (Å²) in [6.07, 6.45) is 8.71. The summed E-state index contributed by atoms with van der Waals surface area (Å²) in [5.41, 5.74) is 8.25. The summed E-state index contributed by atoms with van der Waals surface area (Å²) in [4.78, 5) is 18.8. The Labute approximate surface area is 262 Å². The third-order valence-electron chi connectivity index (χ3n) is 7.79. The van der Waals surface area contributed by atoms with Gasteiger partial charge < -0.3 is 14.6 Å². The van der Waals surface area contributed by atoms with Crippen LogP contribution in [-0.4, -0.2) is 24.5 Å². The predicted molar refractivity (Wildman–Crippen MR) is 181 cm³/mol. The zero-order valence-electron chi connectivity index (χ0n) is 26.1. The fourth-order valence-electron chi connectivity index (χ4n) is 5.84. The molecular weight excluding hydrogens is 544 g/mol. The third kappa shape index (κ3) is 8.09. The number of aliphatic carboxylic acids is 1. The Hall–Kier alpha value is -4.54. The second-order valence-electron chi connectivity index (χ2n) is 10.6. The Balaban J connectivity index is 0.000000273. The monoisotopic (exact) mass is 588 g/mol. The fraction of sp³-hybridized carbons (Fsp3) is 0.250. The molecule has 4 aromatic rings. The molecule has 0 bridgehead atoms. The van der Waals surface area contributed by atoms with Gasteiger partial charge in [0.15, 0.2) is 0 Å². The van der Waals surface area contributed by atoms with Crippen LogP contribution in [0.4, 0.5) is 0 Å². The summed E-state index contributed by atoms with van der Waals surface area (Å²) in [5, 5.41) is 8.90. The van der Waals surface area contributed by atoms with E-state index in [1.807, 2.05) is 56.2 Å². The topological polar surface area (TPSA) is 63.6 Å². The highest BCUT2D eigenvalue weighted by Gasteiger charge is 2.38. The van der Waals surface area contributed by atoms with E-state index in [-0.39, 0.29) is 6.42 Å². The van der Waals surface area contributed by atoms with Crippen LogP contribution in [0.1, 0.15) is 74.6 Å². The Kier molecular flexibility index (Phi) is 13.5. The van der Waals surface area contributed by atoms with Crippen molar-refractivity contribution in [2.24, 2.45) is 0 Å². The molecule has 5 rings (SSSR count). The summed E-state index contributed by atoms with van der Waals surface area (Å²) in [6, 6.07) is 37.9. The Morgan fingerprint density at radius 1 is 0.795 bits per heavy atom. The molecule has 1 aliphatic rings. The summed E-state index contributed by atoms with van der Waals surface area (Å²) < 4.78 is 6.64. The average molecular weight is 589 g/mol. The van der Waals surface area contributed by atoms with E-state index in [1.165, 1.54) is 22.3 Å². The van der Waals surface area contributed by atoms with E-state index < -0.39 is 11.6 Å². The van der Waals surface area contributed by atoms with Crippen molar-refractivity contribution in [1.82, 2.24) is 0 Å². The molecule has 0 fully saturated rings. The fourth-order valence-corrected chi connectivity index (χ4v) is 5.84. The second-order valence-corrected chi connectivity index (χ2v) is 10.6. The highest BCUT2D eigenvalue weighted by molar-refractivity contribution is 5.78. The highest BCUT2D eigenvalue weighted by Crippen LogP contribution is 2.44.